The maximum Gasteiger partial charge on any atom is 0.172 e. The second-order valence-electron chi connectivity index (χ2n) is 5.12. The van der Waals surface area contributed by atoms with Gasteiger partial charge in [-0.2, -0.15) is 0 Å². The van der Waals surface area contributed by atoms with E-state index in [1.54, 1.807) is 6.08 Å². The summed E-state index contributed by atoms with van der Waals surface area (Å²) in [6.45, 7) is 11.2. The van der Waals surface area contributed by atoms with Gasteiger partial charge in [0.25, 0.3) is 0 Å². The van der Waals surface area contributed by atoms with Crippen molar-refractivity contribution in [3.8, 4) is 0 Å². The van der Waals surface area contributed by atoms with E-state index < -0.39 is 11.5 Å². The Labute approximate surface area is 108 Å². The quantitative estimate of drug-likeness (QED) is 0.457. The van der Waals surface area contributed by atoms with Crippen molar-refractivity contribution in [2.24, 2.45) is 5.92 Å². The van der Waals surface area contributed by atoms with Crippen LogP contribution in [0.4, 0.5) is 0 Å². The van der Waals surface area contributed by atoms with Crippen LogP contribution in [0.25, 0.3) is 0 Å². The molecule has 1 aliphatic carbocycles. The SMILES string of the molecule is C=C(C)CC1C(=O)C(=CO)C=CC1(O)CC(=C)C. The lowest BCUT2D eigenvalue weighted by Crippen LogP contribution is -2.44. The van der Waals surface area contributed by atoms with Crippen molar-refractivity contribution < 1.29 is 15.0 Å². The Morgan fingerprint density at radius 3 is 2.50 bits per heavy atom. The maximum atomic E-state index is 12.2. The molecule has 0 aromatic rings. The highest BCUT2D eigenvalue weighted by Gasteiger charge is 2.42. The van der Waals surface area contributed by atoms with Crippen LogP contribution >= 0.6 is 0 Å². The van der Waals surface area contributed by atoms with Gasteiger partial charge < -0.3 is 10.2 Å². The van der Waals surface area contributed by atoms with E-state index in [1.807, 2.05) is 13.8 Å². The molecular formula is C15H20O3. The van der Waals surface area contributed by atoms with E-state index >= 15 is 0 Å². The molecule has 98 valence electrons. The predicted molar refractivity (Wildman–Crippen MR) is 72.2 cm³/mol. The lowest BCUT2D eigenvalue weighted by Gasteiger charge is -2.36. The minimum Gasteiger partial charge on any atom is -0.515 e. The van der Waals surface area contributed by atoms with Gasteiger partial charge in [0, 0.05) is 6.42 Å². The van der Waals surface area contributed by atoms with Crippen molar-refractivity contribution in [1.29, 1.82) is 0 Å². The summed E-state index contributed by atoms with van der Waals surface area (Å²) in [6.07, 6.45) is 4.53. The van der Waals surface area contributed by atoms with Crippen molar-refractivity contribution in [1.82, 2.24) is 0 Å². The highest BCUT2D eigenvalue weighted by atomic mass is 16.3. The molecule has 0 amide bonds. The first-order chi connectivity index (χ1) is 8.30. The van der Waals surface area contributed by atoms with Crippen molar-refractivity contribution >= 4 is 5.78 Å². The topological polar surface area (TPSA) is 57.5 Å². The van der Waals surface area contributed by atoms with E-state index in [0.29, 0.717) is 12.8 Å². The van der Waals surface area contributed by atoms with E-state index in [-0.39, 0.29) is 11.4 Å². The molecule has 0 aliphatic heterocycles. The zero-order valence-corrected chi connectivity index (χ0v) is 10.9. The Bertz CT molecular complexity index is 443. The molecule has 3 heteroatoms. The fraction of sp³-hybridized carbons (Fsp3) is 0.400. The molecule has 3 nitrogen and oxygen atoms in total. The molecule has 2 unspecified atom stereocenters. The Hall–Kier alpha value is -1.61. The highest BCUT2D eigenvalue weighted by Crippen LogP contribution is 2.36. The predicted octanol–water partition coefficient (Wildman–Crippen LogP) is 2.85. The summed E-state index contributed by atoms with van der Waals surface area (Å²) in [5.41, 5.74) is 0.598. The van der Waals surface area contributed by atoms with Gasteiger partial charge in [0.2, 0.25) is 0 Å². The smallest absolute Gasteiger partial charge is 0.172 e. The average molecular weight is 248 g/mol. The van der Waals surface area contributed by atoms with Crippen LogP contribution in [0.5, 0.6) is 0 Å². The molecule has 1 rings (SSSR count). The third-order valence-corrected chi connectivity index (χ3v) is 3.03. The van der Waals surface area contributed by atoms with Gasteiger partial charge in [-0.25, -0.2) is 0 Å². The molecule has 18 heavy (non-hydrogen) atoms. The van der Waals surface area contributed by atoms with Crippen molar-refractivity contribution in [3.05, 3.63) is 48.3 Å². The standard InChI is InChI=1S/C15H20O3/c1-10(2)7-13-14(17)12(9-16)5-6-15(13,18)8-11(3)4/h5-6,9,13,16,18H,1,3,7-8H2,2,4H3. The van der Waals surface area contributed by atoms with Gasteiger partial charge >= 0.3 is 0 Å². The number of aliphatic hydroxyl groups is 2. The zero-order chi connectivity index (χ0) is 13.9. The maximum absolute atomic E-state index is 12.2. The Balaban J connectivity index is 3.17. The summed E-state index contributed by atoms with van der Waals surface area (Å²) >= 11 is 0. The number of carbonyl (C=O) groups is 1. The summed E-state index contributed by atoms with van der Waals surface area (Å²) in [5, 5.41) is 19.6. The van der Waals surface area contributed by atoms with Crippen LogP contribution in [0, 0.1) is 5.92 Å². The van der Waals surface area contributed by atoms with Crippen LogP contribution < -0.4 is 0 Å². The van der Waals surface area contributed by atoms with Gasteiger partial charge in [-0.1, -0.05) is 17.2 Å². The number of allylic oxidation sites excluding steroid dienone is 3. The summed E-state index contributed by atoms with van der Waals surface area (Å²) in [5.74, 6) is -0.873. The monoisotopic (exact) mass is 248 g/mol. The first-order valence-electron chi connectivity index (χ1n) is 5.89. The molecule has 0 radical (unpaired) electrons. The minimum atomic E-state index is -1.24. The molecular weight excluding hydrogens is 228 g/mol. The fourth-order valence-corrected chi connectivity index (χ4v) is 2.25. The second kappa shape index (κ2) is 5.36. The van der Waals surface area contributed by atoms with Gasteiger partial charge in [-0.05, 0) is 26.3 Å². The number of Topliss-reactive ketones (excluding diaryl/α,β-unsaturated/α-hetero) is 1. The largest absolute Gasteiger partial charge is 0.515 e. The van der Waals surface area contributed by atoms with Gasteiger partial charge in [0.05, 0.1) is 23.4 Å². The second-order valence-corrected chi connectivity index (χ2v) is 5.12. The first kappa shape index (κ1) is 14.5. The Morgan fingerprint density at radius 1 is 1.44 bits per heavy atom. The molecule has 0 spiro atoms. The molecule has 0 heterocycles. The summed E-state index contributed by atoms with van der Waals surface area (Å²) < 4.78 is 0. The molecule has 0 fully saturated rings. The molecule has 0 aromatic carbocycles. The number of rotatable bonds is 4. The lowest BCUT2D eigenvalue weighted by molar-refractivity contribution is -0.126. The van der Waals surface area contributed by atoms with E-state index in [1.165, 1.54) is 6.08 Å². The van der Waals surface area contributed by atoms with Crippen molar-refractivity contribution in [2.45, 2.75) is 32.3 Å². The summed E-state index contributed by atoms with van der Waals surface area (Å²) in [6, 6.07) is 0. The minimum absolute atomic E-state index is 0.215. The van der Waals surface area contributed by atoms with Gasteiger partial charge in [-0.15, -0.1) is 13.2 Å². The lowest BCUT2D eigenvalue weighted by atomic mass is 9.72. The molecule has 0 aromatic heterocycles. The van der Waals surface area contributed by atoms with Gasteiger partial charge in [0.15, 0.2) is 5.78 Å². The number of carbonyl (C=O) groups excluding carboxylic acids is 1. The van der Waals surface area contributed by atoms with Crippen LogP contribution in [-0.4, -0.2) is 21.6 Å². The van der Waals surface area contributed by atoms with Crippen LogP contribution in [0.3, 0.4) is 0 Å². The normalized spacial score (nSPS) is 29.6. The van der Waals surface area contributed by atoms with Crippen LogP contribution in [0.1, 0.15) is 26.7 Å². The Kier molecular flexibility index (Phi) is 4.30. The fourth-order valence-electron chi connectivity index (χ4n) is 2.25. The third kappa shape index (κ3) is 2.99. The Morgan fingerprint density at radius 2 is 2.06 bits per heavy atom. The number of aliphatic hydroxyl groups excluding tert-OH is 1. The molecule has 2 N–H and O–H groups in total. The van der Waals surface area contributed by atoms with E-state index in [0.717, 1.165) is 17.4 Å². The van der Waals surface area contributed by atoms with Crippen molar-refractivity contribution in [3.63, 3.8) is 0 Å². The van der Waals surface area contributed by atoms with Crippen LogP contribution in [0.2, 0.25) is 0 Å². The number of hydrogen-bond acceptors (Lipinski definition) is 3. The number of ketones is 1. The number of hydrogen-bond donors (Lipinski definition) is 2. The highest BCUT2D eigenvalue weighted by molar-refractivity contribution is 6.01. The molecule has 0 saturated carbocycles. The molecule has 0 saturated heterocycles. The van der Waals surface area contributed by atoms with E-state index in [2.05, 4.69) is 13.2 Å². The summed E-state index contributed by atoms with van der Waals surface area (Å²) in [4.78, 5) is 12.2. The third-order valence-electron chi connectivity index (χ3n) is 3.03. The molecule has 1 aliphatic rings. The van der Waals surface area contributed by atoms with E-state index in [9.17, 15) is 9.90 Å². The van der Waals surface area contributed by atoms with Gasteiger partial charge in [0.1, 0.15) is 0 Å². The van der Waals surface area contributed by atoms with E-state index in [4.69, 9.17) is 5.11 Å². The van der Waals surface area contributed by atoms with Gasteiger partial charge in [-0.3, -0.25) is 4.79 Å². The van der Waals surface area contributed by atoms with Crippen LogP contribution in [0.15, 0.2) is 48.3 Å². The zero-order valence-electron chi connectivity index (χ0n) is 10.9. The van der Waals surface area contributed by atoms with Crippen molar-refractivity contribution in [2.75, 3.05) is 0 Å². The molecule has 2 atom stereocenters. The first-order valence-corrected chi connectivity index (χ1v) is 5.89. The summed E-state index contributed by atoms with van der Waals surface area (Å²) in [7, 11) is 0. The van der Waals surface area contributed by atoms with Crippen LogP contribution in [-0.2, 0) is 4.79 Å². The molecule has 0 bridgehead atoms. The average Bonchev–Trinajstić information content (AvgIpc) is 2.23.